The Balaban J connectivity index is 0.00000220. The van der Waals surface area contributed by atoms with Gasteiger partial charge in [-0.15, -0.1) is 12.4 Å². The zero-order chi connectivity index (χ0) is 14.4. The molecule has 0 aromatic heterocycles. The zero-order valence-electron chi connectivity index (χ0n) is 12.5. The fourth-order valence-corrected chi connectivity index (χ4v) is 2.64. The predicted molar refractivity (Wildman–Crippen MR) is 86.5 cm³/mol. The van der Waals surface area contributed by atoms with Crippen molar-refractivity contribution in [1.82, 2.24) is 10.6 Å². The molecule has 0 bridgehead atoms. The van der Waals surface area contributed by atoms with Gasteiger partial charge in [0.25, 0.3) is 0 Å². The van der Waals surface area contributed by atoms with Crippen molar-refractivity contribution in [3.8, 4) is 0 Å². The van der Waals surface area contributed by atoms with Gasteiger partial charge < -0.3 is 15.7 Å². The van der Waals surface area contributed by atoms with Crippen LogP contribution in [0.2, 0.25) is 0 Å². The molecule has 2 unspecified atom stereocenters. The van der Waals surface area contributed by atoms with E-state index in [-0.39, 0.29) is 31.0 Å². The van der Waals surface area contributed by atoms with E-state index < -0.39 is 0 Å². The van der Waals surface area contributed by atoms with Gasteiger partial charge >= 0.3 is 0 Å². The van der Waals surface area contributed by atoms with Gasteiger partial charge in [0, 0.05) is 19.7 Å². The predicted octanol–water partition coefficient (Wildman–Crippen LogP) is 1.65. The van der Waals surface area contributed by atoms with Crippen molar-refractivity contribution in [2.75, 3.05) is 13.2 Å². The van der Waals surface area contributed by atoms with Crippen LogP contribution in [0.15, 0.2) is 24.3 Å². The van der Waals surface area contributed by atoms with Crippen LogP contribution in [0.5, 0.6) is 0 Å². The maximum atomic E-state index is 12.2. The summed E-state index contributed by atoms with van der Waals surface area (Å²) in [5.74, 6) is 0.427. The molecule has 0 spiro atoms. The first-order chi connectivity index (χ1) is 9.74. The number of fused-ring (bicyclic) bond motifs is 1. The van der Waals surface area contributed by atoms with Gasteiger partial charge in [-0.1, -0.05) is 37.6 Å². The second-order valence-corrected chi connectivity index (χ2v) is 5.44. The van der Waals surface area contributed by atoms with Crippen LogP contribution in [0.3, 0.4) is 0 Å². The number of rotatable bonds is 6. The number of nitrogens with one attached hydrogen (secondary N) is 2. The third-order valence-electron chi connectivity index (χ3n) is 4.08. The van der Waals surface area contributed by atoms with E-state index in [2.05, 4.69) is 29.7 Å². The van der Waals surface area contributed by atoms with E-state index in [4.69, 9.17) is 5.11 Å². The SMILES string of the molecule is CCC(CCO)CNC(=O)C1Cc2ccccc2CN1.Cl. The summed E-state index contributed by atoms with van der Waals surface area (Å²) >= 11 is 0. The zero-order valence-corrected chi connectivity index (χ0v) is 13.3. The van der Waals surface area contributed by atoms with Gasteiger partial charge in [0.15, 0.2) is 0 Å². The van der Waals surface area contributed by atoms with Crippen molar-refractivity contribution in [2.45, 2.75) is 38.8 Å². The standard InChI is InChI=1S/C16H24N2O2.ClH/c1-2-12(7-8-19)10-18-16(20)15-9-13-5-3-4-6-14(13)11-17-15;/h3-6,12,15,17,19H,2,7-11H2,1H3,(H,18,20);1H. The van der Waals surface area contributed by atoms with Crippen LogP contribution in [0.4, 0.5) is 0 Å². The van der Waals surface area contributed by atoms with Crippen molar-refractivity contribution in [2.24, 2.45) is 5.92 Å². The Labute approximate surface area is 132 Å². The number of halogens is 1. The molecule has 0 radical (unpaired) electrons. The number of amides is 1. The monoisotopic (exact) mass is 312 g/mol. The Bertz CT molecular complexity index is 454. The lowest BCUT2D eigenvalue weighted by Gasteiger charge is -2.26. The minimum absolute atomic E-state index is 0. The molecule has 0 saturated heterocycles. The number of aliphatic hydroxyl groups excluding tert-OH is 1. The molecule has 118 valence electrons. The molecule has 0 fully saturated rings. The largest absolute Gasteiger partial charge is 0.396 e. The number of carbonyl (C=O) groups is 1. The number of aliphatic hydroxyl groups is 1. The molecule has 4 nitrogen and oxygen atoms in total. The van der Waals surface area contributed by atoms with Crippen molar-refractivity contribution >= 4 is 18.3 Å². The fraction of sp³-hybridized carbons (Fsp3) is 0.562. The first kappa shape index (κ1) is 18.0. The molecule has 0 saturated carbocycles. The molecule has 1 heterocycles. The highest BCUT2D eigenvalue weighted by atomic mass is 35.5. The van der Waals surface area contributed by atoms with Crippen LogP contribution in [0.1, 0.15) is 30.9 Å². The smallest absolute Gasteiger partial charge is 0.237 e. The van der Waals surface area contributed by atoms with Crippen LogP contribution in [0, 0.1) is 5.92 Å². The summed E-state index contributed by atoms with van der Waals surface area (Å²) in [5.41, 5.74) is 2.54. The minimum atomic E-state index is -0.142. The lowest BCUT2D eigenvalue weighted by atomic mass is 9.95. The maximum absolute atomic E-state index is 12.2. The van der Waals surface area contributed by atoms with Crippen LogP contribution in [0.25, 0.3) is 0 Å². The molecule has 2 rings (SSSR count). The highest BCUT2D eigenvalue weighted by Crippen LogP contribution is 2.16. The molecule has 1 amide bonds. The normalized spacial score (nSPS) is 18.3. The second-order valence-electron chi connectivity index (χ2n) is 5.44. The van der Waals surface area contributed by atoms with Crippen molar-refractivity contribution in [3.05, 3.63) is 35.4 Å². The van der Waals surface area contributed by atoms with E-state index in [1.54, 1.807) is 0 Å². The van der Waals surface area contributed by atoms with Crippen LogP contribution in [-0.4, -0.2) is 30.2 Å². The molecule has 1 aromatic carbocycles. The highest BCUT2D eigenvalue weighted by Gasteiger charge is 2.23. The first-order valence-corrected chi connectivity index (χ1v) is 7.43. The topological polar surface area (TPSA) is 61.4 Å². The van der Waals surface area contributed by atoms with Gasteiger partial charge in [-0.05, 0) is 29.9 Å². The van der Waals surface area contributed by atoms with Crippen molar-refractivity contribution in [3.63, 3.8) is 0 Å². The summed E-state index contributed by atoms with van der Waals surface area (Å²) in [5, 5.41) is 15.3. The first-order valence-electron chi connectivity index (χ1n) is 7.43. The average Bonchev–Trinajstić information content (AvgIpc) is 2.50. The van der Waals surface area contributed by atoms with Crippen LogP contribution < -0.4 is 10.6 Å². The van der Waals surface area contributed by atoms with E-state index in [0.717, 1.165) is 25.8 Å². The summed E-state index contributed by atoms with van der Waals surface area (Å²) in [6.45, 7) is 3.67. The maximum Gasteiger partial charge on any atom is 0.237 e. The number of benzene rings is 1. The molecule has 1 aliphatic heterocycles. The Morgan fingerprint density at radius 1 is 1.43 bits per heavy atom. The van der Waals surface area contributed by atoms with Crippen molar-refractivity contribution < 1.29 is 9.90 Å². The van der Waals surface area contributed by atoms with Crippen LogP contribution >= 0.6 is 12.4 Å². The van der Waals surface area contributed by atoms with Crippen molar-refractivity contribution in [1.29, 1.82) is 0 Å². The molecule has 1 aliphatic rings. The summed E-state index contributed by atoms with van der Waals surface area (Å²) in [7, 11) is 0. The van der Waals surface area contributed by atoms with E-state index in [1.165, 1.54) is 11.1 Å². The average molecular weight is 313 g/mol. The summed E-state index contributed by atoms with van der Waals surface area (Å²) in [6.07, 6.45) is 2.47. The molecule has 1 aromatic rings. The van der Waals surface area contributed by atoms with Gasteiger partial charge in [-0.2, -0.15) is 0 Å². The third-order valence-corrected chi connectivity index (χ3v) is 4.08. The number of carbonyl (C=O) groups excluding carboxylic acids is 1. The van der Waals surface area contributed by atoms with E-state index >= 15 is 0 Å². The third kappa shape index (κ3) is 4.99. The lowest BCUT2D eigenvalue weighted by molar-refractivity contribution is -0.123. The van der Waals surface area contributed by atoms with Gasteiger partial charge in [-0.3, -0.25) is 4.79 Å². The molecule has 2 atom stereocenters. The summed E-state index contributed by atoms with van der Waals surface area (Å²) in [4.78, 5) is 12.2. The molecule has 21 heavy (non-hydrogen) atoms. The van der Waals surface area contributed by atoms with E-state index in [1.807, 2.05) is 12.1 Å². The van der Waals surface area contributed by atoms with E-state index in [9.17, 15) is 4.79 Å². The second kappa shape index (κ2) is 9.03. The molecular formula is C16H25ClN2O2. The number of hydrogen-bond donors (Lipinski definition) is 3. The van der Waals surface area contributed by atoms with Gasteiger partial charge in [0.1, 0.15) is 0 Å². The van der Waals surface area contributed by atoms with Crippen LogP contribution in [-0.2, 0) is 17.8 Å². The van der Waals surface area contributed by atoms with E-state index in [0.29, 0.717) is 12.5 Å². The molecule has 5 heteroatoms. The number of hydrogen-bond acceptors (Lipinski definition) is 3. The summed E-state index contributed by atoms with van der Waals surface area (Å²) < 4.78 is 0. The van der Waals surface area contributed by atoms with Gasteiger partial charge in [0.05, 0.1) is 6.04 Å². The molecular weight excluding hydrogens is 288 g/mol. The Morgan fingerprint density at radius 2 is 2.14 bits per heavy atom. The summed E-state index contributed by atoms with van der Waals surface area (Å²) in [6, 6.07) is 8.10. The quantitative estimate of drug-likeness (QED) is 0.748. The Kier molecular flexibility index (Phi) is 7.72. The Hall–Kier alpha value is -1.10. The highest BCUT2D eigenvalue weighted by molar-refractivity contribution is 5.85. The van der Waals surface area contributed by atoms with Gasteiger partial charge in [0.2, 0.25) is 5.91 Å². The molecule has 3 N–H and O–H groups in total. The Morgan fingerprint density at radius 3 is 2.81 bits per heavy atom. The van der Waals surface area contributed by atoms with Gasteiger partial charge in [-0.25, -0.2) is 0 Å². The molecule has 0 aliphatic carbocycles. The minimum Gasteiger partial charge on any atom is -0.396 e. The fourth-order valence-electron chi connectivity index (χ4n) is 2.64. The lowest BCUT2D eigenvalue weighted by Crippen LogP contribution is -2.48.